The molecular formula is C15H14N3O4P. The van der Waals surface area contributed by atoms with Crippen molar-refractivity contribution in [1.82, 2.24) is 4.98 Å². The standard InChI is InChI=1S/C15H14N3O4P/c19-15-12(14-13(18-15)2-1-7-16-14)8-17-11-5-3-10(4-6-11)9-23(20,21)22/h1-8,17H,9H2,(H,18,19)(H2,20,21,22)/b12-8-. The van der Waals surface area contributed by atoms with Crippen molar-refractivity contribution in [3.63, 3.8) is 0 Å². The van der Waals surface area contributed by atoms with Crippen molar-refractivity contribution in [3.8, 4) is 0 Å². The monoisotopic (exact) mass is 331 g/mol. The second kappa shape index (κ2) is 5.96. The Morgan fingerprint density at radius 1 is 1.22 bits per heavy atom. The second-order valence-electron chi connectivity index (χ2n) is 5.08. The summed E-state index contributed by atoms with van der Waals surface area (Å²) in [5.74, 6) is -0.232. The molecule has 0 saturated heterocycles. The van der Waals surface area contributed by atoms with Crippen LogP contribution in [-0.2, 0) is 15.5 Å². The average molecular weight is 331 g/mol. The largest absolute Gasteiger partial charge is 0.361 e. The van der Waals surface area contributed by atoms with Gasteiger partial charge in [-0.1, -0.05) is 12.1 Å². The van der Waals surface area contributed by atoms with Gasteiger partial charge in [-0.25, -0.2) is 0 Å². The van der Waals surface area contributed by atoms with Crippen LogP contribution < -0.4 is 10.6 Å². The molecule has 118 valence electrons. The third kappa shape index (κ3) is 3.65. The minimum Gasteiger partial charge on any atom is -0.361 e. The molecule has 1 aromatic heterocycles. The van der Waals surface area contributed by atoms with Crippen molar-refractivity contribution in [3.05, 3.63) is 60.1 Å². The molecule has 1 aliphatic heterocycles. The smallest absolute Gasteiger partial charge is 0.329 e. The molecule has 1 amide bonds. The molecule has 2 heterocycles. The summed E-state index contributed by atoms with van der Waals surface area (Å²) in [6, 6.07) is 10.2. The number of nitrogens with zero attached hydrogens (tertiary/aromatic N) is 1. The number of anilines is 2. The van der Waals surface area contributed by atoms with Gasteiger partial charge < -0.3 is 20.4 Å². The van der Waals surface area contributed by atoms with Gasteiger partial charge in [-0.3, -0.25) is 14.3 Å². The highest BCUT2D eigenvalue weighted by Gasteiger charge is 2.24. The lowest BCUT2D eigenvalue weighted by atomic mass is 10.2. The fraction of sp³-hybridized carbons (Fsp3) is 0.0667. The number of aromatic nitrogens is 1. The van der Waals surface area contributed by atoms with Crippen molar-refractivity contribution < 1.29 is 19.1 Å². The Labute approximate surface area is 132 Å². The summed E-state index contributed by atoms with van der Waals surface area (Å²) < 4.78 is 11.0. The highest BCUT2D eigenvalue weighted by molar-refractivity contribution is 7.50. The van der Waals surface area contributed by atoms with Crippen molar-refractivity contribution in [2.24, 2.45) is 0 Å². The number of nitrogens with one attached hydrogen (secondary N) is 2. The molecule has 1 aromatic carbocycles. The van der Waals surface area contributed by atoms with Gasteiger partial charge in [0.1, 0.15) is 5.69 Å². The van der Waals surface area contributed by atoms with Gasteiger partial charge in [-0.2, -0.15) is 0 Å². The zero-order valence-corrected chi connectivity index (χ0v) is 12.8. The Morgan fingerprint density at radius 2 is 1.96 bits per heavy atom. The van der Waals surface area contributed by atoms with Crippen molar-refractivity contribution in [2.45, 2.75) is 6.16 Å². The van der Waals surface area contributed by atoms with Crippen LogP contribution in [-0.4, -0.2) is 20.7 Å². The van der Waals surface area contributed by atoms with Crippen LogP contribution in [0.25, 0.3) is 5.57 Å². The van der Waals surface area contributed by atoms with E-state index in [-0.39, 0.29) is 12.1 Å². The molecule has 0 fully saturated rings. The van der Waals surface area contributed by atoms with Gasteiger partial charge in [0, 0.05) is 18.1 Å². The third-order valence-electron chi connectivity index (χ3n) is 3.28. The van der Waals surface area contributed by atoms with E-state index in [0.29, 0.717) is 28.2 Å². The van der Waals surface area contributed by atoms with Gasteiger partial charge in [0.25, 0.3) is 5.91 Å². The van der Waals surface area contributed by atoms with Crippen molar-refractivity contribution >= 4 is 30.5 Å². The van der Waals surface area contributed by atoms with Crippen LogP contribution in [0.2, 0.25) is 0 Å². The molecule has 23 heavy (non-hydrogen) atoms. The lowest BCUT2D eigenvalue weighted by Crippen LogP contribution is -2.05. The number of hydrogen-bond donors (Lipinski definition) is 4. The van der Waals surface area contributed by atoms with Crippen LogP contribution in [0.5, 0.6) is 0 Å². The second-order valence-corrected chi connectivity index (χ2v) is 6.72. The van der Waals surface area contributed by atoms with Gasteiger partial charge in [-0.15, -0.1) is 0 Å². The molecule has 4 N–H and O–H groups in total. The van der Waals surface area contributed by atoms with Crippen LogP contribution in [0.3, 0.4) is 0 Å². The molecule has 2 aromatic rings. The molecule has 0 aliphatic carbocycles. The predicted octanol–water partition coefficient (Wildman–Crippen LogP) is 2.16. The fourth-order valence-electron chi connectivity index (χ4n) is 2.25. The molecule has 1 aliphatic rings. The van der Waals surface area contributed by atoms with Gasteiger partial charge >= 0.3 is 7.60 Å². The van der Waals surface area contributed by atoms with E-state index in [1.165, 1.54) is 0 Å². The van der Waals surface area contributed by atoms with Gasteiger partial charge in [-0.05, 0) is 29.8 Å². The maximum absolute atomic E-state index is 11.9. The Kier molecular flexibility index (Phi) is 4.00. The average Bonchev–Trinajstić information content (AvgIpc) is 2.80. The molecule has 7 nitrogen and oxygen atoms in total. The number of carbonyl (C=O) groups excluding carboxylic acids is 1. The number of fused-ring (bicyclic) bond motifs is 1. The minimum atomic E-state index is -4.07. The van der Waals surface area contributed by atoms with Gasteiger partial charge in [0.2, 0.25) is 0 Å². The van der Waals surface area contributed by atoms with Crippen LogP contribution >= 0.6 is 7.60 Å². The van der Waals surface area contributed by atoms with E-state index in [9.17, 15) is 9.36 Å². The van der Waals surface area contributed by atoms with Crippen molar-refractivity contribution in [1.29, 1.82) is 0 Å². The topological polar surface area (TPSA) is 112 Å². The molecule has 3 rings (SSSR count). The zero-order chi connectivity index (χ0) is 16.4. The first-order chi connectivity index (χ1) is 10.9. The van der Waals surface area contributed by atoms with Crippen LogP contribution in [0.15, 0.2) is 48.8 Å². The first kappa shape index (κ1) is 15.4. The number of carbonyl (C=O) groups is 1. The first-order valence-electron chi connectivity index (χ1n) is 6.79. The fourth-order valence-corrected chi connectivity index (χ4v) is 2.94. The normalized spacial score (nSPS) is 15.4. The quantitative estimate of drug-likeness (QED) is 0.505. The molecule has 0 atom stereocenters. The molecule has 0 radical (unpaired) electrons. The van der Waals surface area contributed by atoms with Crippen LogP contribution in [0, 0.1) is 0 Å². The summed E-state index contributed by atoms with van der Waals surface area (Å²) >= 11 is 0. The highest BCUT2D eigenvalue weighted by Crippen LogP contribution is 2.39. The molecule has 0 saturated carbocycles. The molecule has 0 bridgehead atoms. The third-order valence-corrected chi connectivity index (χ3v) is 4.06. The number of pyridine rings is 1. The number of benzene rings is 1. The van der Waals surface area contributed by atoms with E-state index >= 15 is 0 Å². The first-order valence-corrected chi connectivity index (χ1v) is 8.59. The Balaban J connectivity index is 1.76. The summed E-state index contributed by atoms with van der Waals surface area (Å²) in [6.45, 7) is 0. The predicted molar refractivity (Wildman–Crippen MR) is 86.7 cm³/mol. The Bertz CT molecular complexity index is 827. The molecule has 0 spiro atoms. The van der Waals surface area contributed by atoms with Gasteiger partial charge in [0.15, 0.2) is 0 Å². The number of amides is 1. The van der Waals surface area contributed by atoms with E-state index in [1.807, 2.05) is 0 Å². The summed E-state index contributed by atoms with van der Waals surface area (Å²) in [5, 5.41) is 5.71. The van der Waals surface area contributed by atoms with Crippen molar-refractivity contribution in [2.75, 3.05) is 10.6 Å². The summed E-state index contributed by atoms with van der Waals surface area (Å²) in [6.07, 6.45) is 2.88. The summed E-state index contributed by atoms with van der Waals surface area (Å²) in [5.41, 5.74) is 2.93. The molecule has 0 unspecified atom stereocenters. The number of hydrogen-bond acceptors (Lipinski definition) is 4. The summed E-state index contributed by atoms with van der Waals surface area (Å²) in [4.78, 5) is 34.0. The Hall–Kier alpha value is -2.47. The minimum absolute atomic E-state index is 0.232. The SMILES string of the molecule is O=C1Nc2cccnc2/C1=C/Nc1ccc(CP(=O)(O)O)cc1. The van der Waals surface area contributed by atoms with E-state index in [2.05, 4.69) is 15.6 Å². The van der Waals surface area contributed by atoms with Crippen LogP contribution in [0.4, 0.5) is 11.4 Å². The maximum Gasteiger partial charge on any atom is 0.329 e. The highest BCUT2D eigenvalue weighted by atomic mass is 31.2. The number of rotatable bonds is 4. The van der Waals surface area contributed by atoms with Crippen LogP contribution in [0.1, 0.15) is 11.3 Å². The van der Waals surface area contributed by atoms with E-state index < -0.39 is 7.60 Å². The van der Waals surface area contributed by atoms with E-state index in [4.69, 9.17) is 9.79 Å². The van der Waals surface area contributed by atoms with E-state index in [1.54, 1.807) is 48.8 Å². The van der Waals surface area contributed by atoms with E-state index in [0.717, 1.165) is 0 Å². The zero-order valence-electron chi connectivity index (χ0n) is 11.9. The maximum atomic E-state index is 11.9. The lowest BCUT2D eigenvalue weighted by molar-refractivity contribution is -0.110. The molecule has 8 heteroatoms. The Morgan fingerprint density at radius 3 is 2.65 bits per heavy atom. The lowest BCUT2D eigenvalue weighted by Gasteiger charge is -2.06. The van der Waals surface area contributed by atoms with Gasteiger partial charge in [0.05, 0.1) is 17.4 Å². The molecular weight excluding hydrogens is 317 g/mol. The summed E-state index contributed by atoms with van der Waals surface area (Å²) in [7, 11) is -4.07.